The lowest BCUT2D eigenvalue weighted by atomic mass is 10.1. The molecule has 0 bridgehead atoms. The molecule has 0 heterocycles. The van der Waals surface area contributed by atoms with Crippen LogP contribution in [0.3, 0.4) is 0 Å². The molecular formula is C17H38N4O9S. The molecule has 13 nitrogen and oxygen atoms in total. The van der Waals surface area contributed by atoms with Crippen molar-refractivity contribution in [2.45, 2.75) is 58.3 Å². The number of thiol groups is 1. The molecule has 0 amide bonds. The van der Waals surface area contributed by atoms with Crippen molar-refractivity contribution >= 4 is 36.5 Å². The summed E-state index contributed by atoms with van der Waals surface area (Å²) < 4.78 is 0. The Bertz CT molecular complexity index is 502. The number of carbonyl (C=O) groups is 4. The molecule has 0 aromatic carbocycles. The molecule has 0 saturated carbocycles. The number of hydrogen-bond donors (Lipinski definition) is 10. The number of rotatable bonds is 9. The van der Waals surface area contributed by atoms with Crippen LogP contribution >= 0.6 is 12.6 Å². The van der Waals surface area contributed by atoms with Gasteiger partial charge in [-0.2, -0.15) is 12.6 Å². The van der Waals surface area contributed by atoms with Crippen molar-refractivity contribution in [1.82, 2.24) is 0 Å². The van der Waals surface area contributed by atoms with Crippen LogP contribution in [0.5, 0.6) is 0 Å². The third-order valence-corrected chi connectivity index (χ3v) is 3.47. The van der Waals surface area contributed by atoms with Crippen LogP contribution in [-0.2, 0) is 19.2 Å². The molecule has 13 N–H and O–H groups in total. The standard InChI is InChI=1S/C6H13NO2.C5H11NO2.C3H7NO3.C3H7NO2S/c1-4(2)3-5(7)6(8)9;1-3(2)4(6)5(7)8;4-2(1-5)3(6)7;4-2(1-7)3(5)6/h4-5H,3,7H2,1-2H3,(H,8,9);3-4H,6H2,1-2H3,(H,7,8);2,5H,1,4H2,(H,6,7);2,7H,1,4H2,(H,5,6)/t5-;4-;2*2-/m0000/s1. The number of aliphatic hydroxyl groups excluding tert-OH is 1. The topological polar surface area (TPSA) is 274 Å². The average Bonchev–Trinajstić information content (AvgIpc) is 2.66. The summed E-state index contributed by atoms with van der Waals surface area (Å²) >= 11 is 3.65. The van der Waals surface area contributed by atoms with Crippen LogP contribution in [0.25, 0.3) is 0 Å². The summed E-state index contributed by atoms with van der Waals surface area (Å²) in [4.78, 5) is 39.5. The first-order chi connectivity index (χ1) is 14.0. The summed E-state index contributed by atoms with van der Waals surface area (Å²) in [6.45, 7) is 6.94. The Morgan fingerprint density at radius 1 is 0.710 bits per heavy atom. The zero-order valence-electron chi connectivity index (χ0n) is 18.2. The van der Waals surface area contributed by atoms with Gasteiger partial charge in [-0.3, -0.25) is 19.2 Å². The molecule has 0 aliphatic heterocycles. The zero-order valence-corrected chi connectivity index (χ0v) is 19.1. The van der Waals surface area contributed by atoms with Gasteiger partial charge in [-0.25, -0.2) is 0 Å². The molecule has 0 aliphatic rings. The fourth-order valence-electron chi connectivity index (χ4n) is 1.05. The maximum atomic E-state index is 10.1. The van der Waals surface area contributed by atoms with Gasteiger partial charge in [0.15, 0.2) is 0 Å². The molecular weight excluding hydrogens is 436 g/mol. The summed E-state index contributed by atoms with van der Waals surface area (Å²) in [7, 11) is 0. The van der Waals surface area contributed by atoms with E-state index in [0.29, 0.717) is 12.3 Å². The van der Waals surface area contributed by atoms with Gasteiger partial charge >= 0.3 is 23.9 Å². The fraction of sp³-hybridized carbons (Fsp3) is 0.765. The van der Waals surface area contributed by atoms with Gasteiger partial charge < -0.3 is 48.5 Å². The van der Waals surface area contributed by atoms with Crippen LogP contribution in [0.4, 0.5) is 0 Å². The van der Waals surface area contributed by atoms with E-state index in [4.69, 9.17) is 48.5 Å². The van der Waals surface area contributed by atoms with Crippen molar-refractivity contribution in [2.75, 3.05) is 12.4 Å². The third kappa shape index (κ3) is 28.0. The number of carboxylic acids is 4. The molecule has 4 atom stereocenters. The second kappa shape index (κ2) is 21.3. The lowest BCUT2D eigenvalue weighted by Crippen LogP contribution is -2.34. The van der Waals surface area contributed by atoms with E-state index >= 15 is 0 Å². The van der Waals surface area contributed by atoms with Crippen LogP contribution in [0.15, 0.2) is 0 Å². The number of nitrogens with two attached hydrogens (primary N) is 4. The van der Waals surface area contributed by atoms with Crippen molar-refractivity contribution < 1.29 is 44.7 Å². The Morgan fingerprint density at radius 3 is 1.10 bits per heavy atom. The first kappa shape index (κ1) is 36.4. The highest BCUT2D eigenvalue weighted by atomic mass is 32.1. The normalized spacial score (nSPS) is 13.7. The number of hydrogen-bond acceptors (Lipinski definition) is 10. The predicted molar refractivity (Wildman–Crippen MR) is 118 cm³/mol. The summed E-state index contributed by atoms with van der Waals surface area (Å²) in [5, 5.41) is 40.4. The minimum atomic E-state index is -1.18. The zero-order chi connectivity index (χ0) is 25.9. The largest absolute Gasteiger partial charge is 0.480 e. The minimum absolute atomic E-state index is 0.0208. The van der Waals surface area contributed by atoms with E-state index in [1.165, 1.54) is 0 Å². The summed E-state index contributed by atoms with van der Waals surface area (Å²) in [6.07, 6.45) is 0.551. The Hall–Kier alpha value is -1.97. The summed E-state index contributed by atoms with van der Waals surface area (Å²) in [5.41, 5.74) is 20.1. The smallest absolute Gasteiger partial charge is 0.322 e. The third-order valence-electron chi connectivity index (χ3n) is 3.07. The maximum Gasteiger partial charge on any atom is 0.322 e. The number of carboxylic acid groups (broad SMARTS) is 4. The number of aliphatic carboxylic acids is 4. The van der Waals surface area contributed by atoms with Gasteiger partial charge in [0.25, 0.3) is 0 Å². The molecule has 0 saturated heterocycles. The quantitative estimate of drug-likeness (QED) is 0.166. The average molecular weight is 475 g/mol. The highest BCUT2D eigenvalue weighted by Gasteiger charge is 2.14. The van der Waals surface area contributed by atoms with Gasteiger partial charge in [0.2, 0.25) is 0 Å². The van der Waals surface area contributed by atoms with Gasteiger partial charge in [-0.15, -0.1) is 0 Å². The molecule has 0 fully saturated rings. The molecule has 0 unspecified atom stereocenters. The van der Waals surface area contributed by atoms with E-state index in [9.17, 15) is 19.2 Å². The van der Waals surface area contributed by atoms with Crippen molar-refractivity contribution in [2.24, 2.45) is 34.8 Å². The van der Waals surface area contributed by atoms with E-state index < -0.39 is 54.7 Å². The van der Waals surface area contributed by atoms with Crippen molar-refractivity contribution in [3.8, 4) is 0 Å². The van der Waals surface area contributed by atoms with Crippen LogP contribution in [0.1, 0.15) is 34.1 Å². The van der Waals surface area contributed by atoms with Crippen molar-refractivity contribution in [3.05, 3.63) is 0 Å². The van der Waals surface area contributed by atoms with Gasteiger partial charge in [0.1, 0.15) is 24.2 Å². The molecule has 0 aliphatic carbocycles. The van der Waals surface area contributed by atoms with Crippen molar-refractivity contribution in [1.29, 1.82) is 0 Å². The fourth-order valence-corrected chi connectivity index (χ4v) is 1.21. The predicted octanol–water partition coefficient (Wildman–Crippen LogP) is -1.78. The minimum Gasteiger partial charge on any atom is -0.480 e. The van der Waals surface area contributed by atoms with E-state index in [2.05, 4.69) is 12.6 Å². The highest BCUT2D eigenvalue weighted by Crippen LogP contribution is 2.01. The Balaban J connectivity index is -0.000000158. The SMILES string of the molecule is CC(C)C[C@H](N)C(=O)O.CC(C)[C@H](N)C(=O)O.N[C@@H](CO)C(=O)O.N[C@@H](CS)C(=O)O. The Kier molecular flexibility index (Phi) is 25.0. The first-order valence-electron chi connectivity index (χ1n) is 9.11. The summed E-state index contributed by atoms with van der Waals surface area (Å²) in [6, 6.07) is -3.34. The molecule has 186 valence electrons. The maximum absolute atomic E-state index is 10.1. The van der Waals surface area contributed by atoms with Gasteiger partial charge in [0, 0.05) is 5.75 Å². The molecule has 31 heavy (non-hydrogen) atoms. The summed E-state index contributed by atoms with van der Waals surface area (Å²) in [5.74, 6) is -3.46. The molecule has 0 radical (unpaired) electrons. The molecule has 0 spiro atoms. The van der Waals surface area contributed by atoms with Crippen molar-refractivity contribution in [3.63, 3.8) is 0 Å². The highest BCUT2D eigenvalue weighted by molar-refractivity contribution is 7.80. The van der Waals surface area contributed by atoms with E-state index in [1.54, 1.807) is 13.8 Å². The molecule has 0 aromatic rings. The lowest BCUT2D eigenvalue weighted by Gasteiger charge is -2.07. The van der Waals surface area contributed by atoms with E-state index in [1.807, 2.05) is 13.8 Å². The molecule has 0 rings (SSSR count). The van der Waals surface area contributed by atoms with Crippen LogP contribution in [-0.4, -0.2) is 85.9 Å². The number of aliphatic hydroxyl groups is 1. The van der Waals surface area contributed by atoms with Gasteiger partial charge in [-0.05, 0) is 18.3 Å². The van der Waals surface area contributed by atoms with Crippen LogP contribution in [0, 0.1) is 11.8 Å². The van der Waals surface area contributed by atoms with Crippen LogP contribution < -0.4 is 22.9 Å². The Labute approximate surface area is 187 Å². The van der Waals surface area contributed by atoms with E-state index in [-0.39, 0.29) is 11.7 Å². The Morgan fingerprint density at radius 2 is 1.06 bits per heavy atom. The second-order valence-corrected chi connectivity index (χ2v) is 7.30. The van der Waals surface area contributed by atoms with Gasteiger partial charge in [0.05, 0.1) is 6.61 Å². The second-order valence-electron chi connectivity index (χ2n) is 6.94. The monoisotopic (exact) mass is 474 g/mol. The van der Waals surface area contributed by atoms with E-state index in [0.717, 1.165) is 0 Å². The lowest BCUT2D eigenvalue weighted by molar-refractivity contribution is -0.140. The first-order valence-corrected chi connectivity index (χ1v) is 9.74. The molecule has 14 heteroatoms. The van der Waals surface area contributed by atoms with Crippen LogP contribution in [0.2, 0.25) is 0 Å². The van der Waals surface area contributed by atoms with Gasteiger partial charge in [-0.1, -0.05) is 27.7 Å². The molecule has 0 aromatic heterocycles.